The molecule has 0 radical (unpaired) electrons. The van der Waals surface area contributed by atoms with Crippen molar-refractivity contribution in [1.82, 2.24) is 4.57 Å². The zero-order valence-corrected chi connectivity index (χ0v) is 12.5. The van der Waals surface area contributed by atoms with Gasteiger partial charge in [0.1, 0.15) is 5.75 Å². The van der Waals surface area contributed by atoms with Crippen LogP contribution in [0.1, 0.15) is 17.4 Å². The fourth-order valence-corrected chi connectivity index (χ4v) is 2.36. The van der Waals surface area contributed by atoms with Crippen LogP contribution in [0.15, 0.2) is 30.9 Å². The second kappa shape index (κ2) is 6.35. The summed E-state index contributed by atoms with van der Waals surface area (Å²) in [4.78, 5) is 12.3. The Kier molecular flexibility index (Phi) is 4.52. The van der Waals surface area contributed by atoms with Gasteiger partial charge in [0.25, 0.3) is 0 Å². The molecule has 0 unspecified atom stereocenters. The molecule has 1 aromatic heterocycles. The summed E-state index contributed by atoms with van der Waals surface area (Å²) in [6.07, 6.45) is 1.73. The topological polar surface area (TPSA) is 49.7 Å². The molecule has 0 saturated heterocycles. The minimum atomic E-state index is -0.411. The van der Waals surface area contributed by atoms with Crippen molar-refractivity contribution >= 4 is 16.9 Å². The first-order valence-electron chi connectivity index (χ1n) is 6.70. The molecule has 0 spiro atoms. The summed E-state index contributed by atoms with van der Waals surface area (Å²) < 4.78 is 17.6. The second-order valence-corrected chi connectivity index (χ2v) is 4.38. The van der Waals surface area contributed by atoms with Crippen molar-refractivity contribution < 1.29 is 19.0 Å². The predicted molar refractivity (Wildman–Crippen MR) is 81.2 cm³/mol. The first kappa shape index (κ1) is 15.0. The average Bonchev–Trinajstić information content (AvgIpc) is 2.81. The summed E-state index contributed by atoms with van der Waals surface area (Å²) in [5, 5.41) is 0.807. The number of ether oxygens (including phenoxy) is 3. The van der Waals surface area contributed by atoms with E-state index < -0.39 is 5.97 Å². The number of rotatable bonds is 6. The standard InChI is InChI=1S/C16H19NO4/c1-5-9-17-13-8-7-11(19-3)10-12(13)15(20-4)14(17)16(18)21-6-2/h5,7-8,10H,1,6,9H2,2-4H3. The Balaban J connectivity index is 2.76. The van der Waals surface area contributed by atoms with Crippen molar-refractivity contribution in [1.29, 1.82) is 0 Å². The molecule has 1 aromatic carbocycles. The lowest BCUT2D eigenvalue weighted by Crippen LogP contribution is -2.12. The molecule has 0 bridgehead atoms. The van der Waals surface area contributed by atoms with Gasteiger partial charge >= 0.3 is 5.97 Å². The van der Waals surface area contributed by atoms with Crippen LogP contribution in [-0.4, -0.2) is 31.4 Å². The number of hydrogen-bond donors (Lipinski definition) is 0. The maximum absolute atomic E-state index is 12.3. The largest absolute Gasteiger partial charge is 0.497 e. The number of hydrogen-bond acceptors (Lipinski definition) is 4. The summed E-state index contributed by atoms with van der Waals surface area (Å²) in [6, 6.07) is 5.58. The Bertz CT molecular complexity index is 672. The van der Waals surface area contributed by atoms with E-state index in [0.29, 0.717) is 30.3 Å². The number of nitrogens with zero attached hydrogens (tertiary/aromatic N) is 1. The van der Waals surface area contributed by atoms with Crippen LogP contribution in [0.25, 0.3) is 10.9 Å². The fourth-order valence-electron chi connectivity index (χ4n) is 2.36. The molecule has 5 nitrogen and oxygen atoms in total. The molecule has 0 fully saturated rings. The summed E-state index contributed by atoms with van der Waals surface area (Å²) in [6.45, 7) is 6.30. The lowest BCUT2D eigenvalue weighted by Gasteiger charge is -2.08. The van der Waals surface area contributed by atoms with E-state index >= 15 is 0 Å². The van der Waals surface area contributed by atoms with Crippen LogP contribution >= 0.6 is 0 Å². The molecule has 5 heteroatoms. The smallest absolute Gasteiger partial charge is 0.358 e. The highest BCUT2D eigenvalue weighted by Crippen LogP contribution is 2.36. The van der Waals surface area contributed by atoms with Crippen molar-refractivity contribution in [2.45, 2.75) is 13.5 Å². The summed E-state index contributed by atoms with van der Waals surface area (Å²) in [5.41, 5.74) is 1.26. The number of allylic oxidation sites excluding steroid dienone is 1. The first-order valence-corrected chi connectivity index (χ1v) is 6.70. The minimum absolute atomic E-state index is 0.306. The van der Waals surface area contributed by atoms with Crippen molar-refractivity contribution in [3.05, 3.63) is 36.5 Å². The lowest BCUT2D eigenvalue weighted by molar-refractivity contribution is 0.0511. The van der Waals surface area contributed by atoms with Crippen molar-refractivity contribution in [2.24, 2.45) is 0 Å². The van der Waals surface area contributed by atoms with Gasteiger partial charge in [0.05, 0.1) is 26.3 Å². The number of esters is 1. The van der Waals surface area contributed by atoms with Gasteiger partial charge in [0.2, 0.25) is 0 Å². The Labute approximate surface area is 123 Å². The number of aromatic nitrogens is 1. The van der Waals surface area contributed by atoms with Crippen LogP contribution in [-0.2, 0) is 11.3 Å². The van der Waals surface area contributed by atoms with E-state index in [1.807, 2.05) is 22.8 Å². The fraction of sp³-hybridized carbons (Fsp3) is 0.312. The third-order valence-corrected chi connectivity index (χ3v) is 3.21. The average molecular weight is 289 g/mol. The summed E-state index contributed by atoms with van der Waals surface area (Å²) in [5.74, 6) is 0.780. The quantitative estimate of drug-likeness (QED) is 0.606. The van der Waals surface area contributed by atoms with Gasteiger partial charge < -0.3 is 18.8 Å². The minimum Gasteiger partial charge on any atom is -0.497 e. The van der Waals surface area contributed by atoms with Crippen LogP contribution in [0.2, 0.25) is 0 Å². The Morgan fingerprint density at radius 2 is 2.10 bits per heavy atom. The molecule has 0 N–H and O–H groups in total. The molecule has 2 rings (SSSR count). The molecular weight excluding hydrogens is 270 g/mol. The van der Waals surface area contributed by atoms with E-state index in [2.05, 4.69) is 6.58 Å². The summed E-state index contributed by atoms with van der Waals surface area (Å²) >= 11 is 0. The van der Waals surface area contributed by atoms with Crippen LogP contribution in [0.3, 0.4) is 0 Å². The van der Waals surface area contributed by atoms with Crippen LogP contribution in [0.5, 0.6) is 11.5 Å². The third kappa shape index (κ3) is 2.59. The SMILES string of the molecule is C=CCn1c(C(=O)OCC)c(OC)c2cc(OC)ccc21. The van der Waals surface area contributed by atoms with Crippen molar-refractivity contribution in [3.63, 3.8) is 0 Å². The van der Waals surface area contributed by atoms with E-state index in [4.69, 9.17) is 14.2 Å². The van der Waals surface area contributed by atoms with Gasteiger partial charge in [0.15, 0.2) is 11.4 Å². The highest BCUT2D eigenvalue weighted by molar-refractivity contribution is 6.02. The number of fused-ring (bicyclic) bond motifs is 1. The van der Waals surface area contributed by atoms with Crippen molar-refractivity contribution in [2.75, 3.05) is 20.8 Å². The molecule has 1 heterocycles. The van der Waals surface area contributed by atoms with E-state index in [1.54, 1.807) is 20.1 Å². The molecule has 0 amide bonds. The Morgan fingerprint density at radius 3 is 2.67 bits per heavy atom. The molecular formula is C16H19NO4. The van der Waals surface area contributed by atoms with Gasteiger partial charge in [-0.15, -0.1) is 6.58 Å². The Morgan fingerprint density at radius 1 is 1.33 bits per heavy atom. The zero-order chi connectivity index (χ0) is 15.4. The van der Waals surface area contributed by atoms with Gasteiger partial charge in [-0.05, 0) is 25.1 Å². The zero-order valence-electron chi connectivity index (χ0n) is 12.5. The lowest BCUT2D eigenvalue weighted by atomic mass is 10.2. The number of methoxy groups -OCH3 is 2. The number of carbonyl (C=O) groups excluding carboxylic acids is 1. The molecule has 0 saturated carbocycles. The highest BCUT2D eigenvalue weighted by Gasteiger charge is 2.24. The normalized spacial score (nSPS) is 10.4. The molecule has 0 aliphatic carbocycles. The maximum Gasteiger partial charge on any atom is 0.358 e. The molecule has 0 aliphatic rings. The monoisotopic (exact) mass is 289 g/mol. The number of benzene rings is 1. The molecule has 0 aliphatic heterocycles. The highest BCUT2D eigenvalue weighted by atomic mass is 16.5. The van der Waals surface area contributed by atoms with E-state index in [0.717, 1.165) is 10.9 Å². The van der Waals surface area contributed by atoms with E-state index in [-0.39, 0.29) is 0 Å². The molecule has 0 atom stereocenters. The first-order chi connectivity index (χ1) is 10.2. The van der Waals surface area contributed by atoms with Crippen LogP contribution in [0, 0.1) is 0 Å². The van der Waals surface area contributed by atoms with Gasteiger partial charge in [-0.3, -0.25) is 0 Å². The maximum atomic E-state index is 12.3. The molecule has 112 valence electrons. The van der Waals surface area contributed by atoms with Crippen molar-refractivity contribution in [3.8, 4) is 11.5 Å². The summed E-state index contributed by atoms with van der Waals surface area (Å²) in [7, 11) is 3.13. The van der Waals surface area contributed by atoms with Crippen LogP contribution in [0.4, 0.5) is 0 Å². The Hall–Kier alpha value is -2.43. The number of carbonyl (C=O) groups is 1. The molecule has 21 heavy (non-hydrogen) atoms. The van der Waals surface area contributed by atoms with Gasteiger partial charge in [0, 0.05) is 11.9 Å². The van der Waals surface area contributed by atoms with E-state index in [9.17, 15) is 4.79 Å². The van der Waals surface area contributed by atoms with Crippen LogP contribution < -0.4 is 9.47 Å². The third-order valence-electron chi connectivity index (χ3n) is 3.21. The second-order valence-electron chi connectivity index (χ2n) is 4.38. The van der Waals surface area contributed by atoms with Gasteiger partial charge in [-0.1, -0.05) is 6.08 Å². The van der Waals surface area contributed by atoms with E-state index in [1.165, 1.54) is 7.11 Å². The van der Waals surface area contributed by atoms with Gasteiger partial charge in [-0.2, -0.15) is 0 Å². The molecule has 2 aromatic rings. The van der Waals surface area contributed by atoms with Gasteiger partial charge in [-0.25, -0.2) is 4.79 Å². The predicted octanol–water partition coefficient (Wildman–Crippen LogP) is 3.02.